The fraction of sp³-hybridized carbons (Fsp3) is 0.211. The van der Waals surface area contributed by atoms with Gasteiger partial charge in [0, 0.05) is 6.92 Å². The second-order valence-corrected chi connectivity index (χ2v) is 5.52. The number of rotatable bonds is 5. The fourth-order valence-corrected chi connectivity index (χ4v) is 2.17. The lowest BCUT2D eigenvalue weighted by Crippen LogP contribution is -2.11. The van der Waals surface area contributed by atoms with Gasteiger partial charge in [0.05, 0.1) is 16.8 Å². The Morgan fingerprint density at radius 2 is 1.71 bits per heavy atom. The van der Waals surface area contributed by atoms with E-state index in [-0.39, 0.29) is 28.5 Å². The third kappa shape index (κ3) is 5.57. The first-order chi connectivity index (χ1) is 13.2. The van der Waals surface area contributed by atoms with Gasteiger partial charge >= 0.3 is 12.1 Å². The van der Waals surface area contributed by atoms with E-state index in [0.29, 0.717) is 0 Å². The van der Waals surface area contributed by atoms with Gasteiger partial charge in [-0.05, 0) is 41.9 Å². The SMILES string of the molecule is CO/N=C(\O/N=C(/C)c1cccc(C(F)(F)F)c1)c1ccccc1OC(C)=O. The third-order valence-electron chi connectivity index (χ3n) is 3.42. The van der Waals surface area contributed by atoms with Crippen LogP contribution in [0.15, 0.2) is 58.8 Å². The van der Waals surface area contributed by atoms with Gasteiger partial charge in [-0.3, -0.25) is 4.79 Å². The van der Waals surface area contributed by atoms with Crippen molar-refractivity contribution in [3.63, 3.8) is 0 Å². The zero-order valence-corrected chi connectivity index (χ0v) is 15.3. The average molecular weight is 394 g/mol. The van der Waals surface area contributed by atoms with Crippen LogP contribution in [0.4, 0.5) is 13.2 Å². The van der Waals surface area contributed by atoms with Crippen LogP contribution in [0.25, 0.3) is 0 Å². The number of carbonyl (C=O) groups excluding carboxylic acids is 1. The predicted molar refractivity (Wildman–Crippen MR) is 96.0 cm³/mol. The molecule has 0 aliphatic rings. The first-order valence-electron chi connectivity index (χ1n) is 8.00. The molecular formula is C19H17F3N2O4. The molecule has 0 aliphatic heterocycles. The van der Waals surface area contributed by atoms with Crippen molar-refractivity contribution in [1.29, 1.82) is 0 Å². The van der Waals surface area contributed by atoms with E-state index in [1.807, 2.05) is 0 Å². The number of ether oxygens (including phenoxy) is 1. The largest absolute Gasteiger partial charge is 0.426 e. The number of nitrogens with zero attached hydrogens (tertiary/aromatic N) is 2. The standard InChI is InChI=1S/C19H17F3N2O4/c1-12(14-7-6-8-15(11-14)19(20,21)22)23-28-18(24-26-3)16-9-4-5-10-17(16)27-13(2)25/h4-11H,1-3H3/b23-12-,24-18-. The molecule has 148 valence electrons. The summed E-state index contributed by atoms with van der Waals surface area (Å²) in [6.07, 6.45) is -4.47. The zero-order valence-electron chi connectivity index (χ0n) is 15.3. The first kappa shape index (κ1) is 20.9. The van der Waals surface area contributed by atoms with Crippen molar-refractivity contribution >= 4 is 17.6 Å². The maximum absolute atomic E-state index is 12.9. The van der Waals surface area contributed by atoms with Crippen LogP contribution in [0.1, 0.15) is 30.5 Å². The molecule has 2 rings (SSSR count). The number of oxime groups is 2. The molecule has 2 aromatic rings. The van der Waals surface area contributed by atoms with Gasteiger partial charge in [-0.2, -0.15) is 13.2 Å². The van der Waals surface area contributed by atoms with Gasteiger partial charge in [-0.15, -0.1) is 0 Å². The van der Waals surface area contributed by atoms with Crippen LogP contribution in [-0.4, -0.2) is 24.7 Å². The zero-order chi connectivity index (χ0) is 20.7. The summed E-state index contributed by atoms with van der Waals surface area (Å²) in [4.78, 5) is 21.3. The summed E-state index contributed by atoms with van der Waals surface area (Å²) >= 11 is 0. The van der Waals surface area contributed by atoms with Crippen LogP contribution < -0.4 is 4.74 Å². The maximum Gasteiger partial charge on any atom is 0.416 e. The van der Waals surface area contributed by atoms with E-state index in [2.05, 4.69) is 10.3 Å². The molecule has 0 N–H and O–H groups in total. The quantitative estimate of drug-likeness (QED) is 0.248. The molecule has 0 heterocycles. The summed E-state index contributed by atoms with van der Waals surface area (Å²) in [5.41, 5.74) is -0.120. The second kappa shape index (κ2) is 9.03. The van der Waals surface area contributed by atoms with E-state index >= 15 is 0 Å². The number of alkyl halides is 3. The smallest absolute Gasteiger partial charge is 0.416 e. The van der Waals surface area contributed by atoms with Crippen molar-refractivity contribution in [1.82, 2.24) is 0 Å². The Morgan fingerprint density at radius 3 is 2.36 bits per heavy atom. The van der Waals surface area contributed by atoms with Crippen molar-refractivity contribution in [2.24, 2.45) is 10.3 Å². The molecular weight excluding hydrogens is 377 g/mol. The van der Waals surface area contributed by atoms with Crippen molar-refractivity contribution in [2.75, 3.05) is 7.11 Å². The highest BCUT2D eigenvalue weighted by atomic mass is 19.4. The monoisotopic (exact) mass is 394 g/mol. The van der Waals surface area contributed by atoms with Gasteiger partial charge < -0.3 is 14.4 Å². The minimum Gasteiger partial charge on any atom is -0.426 e. The van der Waals surface area contributed by atoms with E-state index < -0.39 is 17.7 Å². The van der Waals surface area contributed by atoms with E-state index in [9.17, 15) is 18.0 Å². The molecule has 0 saturated carbocycles. The molecule has 0 amide bonds. The molecule has 0 saturated heterocycles. The van der Waals surface area contributed by atoms with Crippen molar-refractivity contribution in [3.05, 3.63) is 65.2 Å². The Balaban J connectivity index is 2.32. The highest BCUT2D eigenvalue weighted by Gasteiger charge is 2.30. The minimum absolute atomic E-state index is 0.134. The molecule has 9 heteroatoms. The Labute approximate surface area is 159 Å². The predicted octanol–water partition coefficient (Wildman–Crippen LogP) is 4.38. The normalized spacial score (nSPS) is 12.5. The number of hydrogen-bond donors (Lipinski definition) is 0. The van der Waals surface area contributed by atoms with Gasteiger partial charge in [0.1, 0.15) is 12.9 Å². The van der Waals surface area contributed by atoms with Crippen LogP contribution in [0.2, 0.25) is 0 Å². The van der Waals surface area contributed by atoms with Crippen LogP contribution in [0.3, 0.4) is 0 Å². The van der Waals surface area contributed by atoms with Gasteiger partial charge in [-0.25, -0.2) is 0 Å². The summed E-state index contributed by atoms with van der Waals surface area (Å²) in [5.74, 6) is -0.517. The molecule has 0 radical (unpaired) electrons. The number of benzene rings is 2. The highest BCUT2D eigenvalue weighted by molar-refractivity contribution is 6.01. The van der Waals surface area contributed by atoms with Crippen molar-refractivity contribution in [2.45, 2.75) is 20.0 Å². The molecule has 0 unspecified atom stereocenters. The lowest BCUT2D eigenvalue weighted by atomic mass is 10.1. The number of carbonyl (C=O) groups is 1. The Morgan fingerprint density at radius 1 is 1.00 bits per heavy atom. The van der Waals surface area contributed by atoms with Gasteiger partial charge in [0.25, 0.3) is 5.90 Å². The first-order valence-corrected chi connectivity index (χ1v) is 8.00. The summed E-state index contributed by atoms with van der Waals surface area (Å²) in [6.45, 7) is 2.72. The molecule has 28 heavy (non-hydrogen) atoms. The summed E-state index contributed by atoms with van der Waals surface area (Å²) < 4.78 is 43.7. The summed E-state index contributed by atoms with van der Waals surface area (Å²) in [5, 5.41) is 7.53. The molecule has 0 bridgehead atoms. The molecule has 6 nitrogen and oxygen atoms in total. The maximum atomic E-state index is 12.9. The molecule has 0 aliphatic carbocycles. The summed E-state index contributed by atoms with van der Waals surface area (Å²) in [7, 11) is 1.28. The van der Waals surface area contributed by atoms with Gasteiger partial charge in [0.15, 0.2) is 0 Å². The van der Waals surface area contributed by atoms with Crippen LogP contribution >= 0.6 is 0 Å². The number of halogens is 3. The highest BCUT2D eigenvalue weighted by Crippen LogP contribution is 2.29. The lowest BCUT2D eigenvalue weighted by molar-refractivity contribution is -0.137. The Kier molecular flexibility index (Phi) is 6.75. The van der Waals surface area contributed by atoms with Crippen molar-refractivity contribution < 1.29 is 32.4 Å². The van der Waals surface area contributed by atoms with E-state index in [1.54, 1.807) is 18.2 Å². The molecule has 0 spiro atoms. The van der Waals surface area contributed by atoms with E-state index in [0.717, 1.165) is 12.1 Å². The fourth-order valence-electron chi connectivity index (χ4n) is 2.17. The molecule has 2 aromatic carbocycles. The molecule has 0 aromatic heterocycles. The minimum atomic E-state index is -4.47. The lowest BCUT2D eigenvalue weighted by Gasteiger charge is -2.10. The second-order valence-electron chi connectivity index (χ2n) is 5.52. The Hall–Kier alpha value is -3.36. The summed E-state index contributed by atoms with van der Waals surface area (Å²) in [6, 6.07) is 11.0. The molecule has 0 fully saturated rings. The van der Waals surface area contributed by atoms with Gasteiger partial charge in [-0.1, -0.05) is 29.4 Å². The Bertz CT molecular complexity index is 908. The van der Waals surface area contributed by atoms with Gasteiger partial charge in [0.2, 0.25) is 0 Å². The van der Waals surface area contributed by atoms with Crippen molar-refractivity contribution in [3.8, 4) is 5.75 Å². The van der Waals surface area contributed by atoms with Crippen LogP contribution in [-0.2, 0) is 20.6 Å². The third-order valence-corrected chi connectivity index (χ3v) is 3.42. The van der Waals surface area contributed by atoms with E-state index in [4.69, 9.17) is 14.4 Å². The average Bonchev–Trinajstić information content (AvgIpc) is 2.64. The topological polar surface area (TPSA) is 69.5 Å². The number of para-hydroxylation sites is 1. The van der Waals surface area contributed by atoms with Crippen LogP contribution in [0.5, 0.6) is 5.75 Å². The molecule has 0 atom stereocenters. The van der Waals surface area contributed by atoms with Crippen LogP contribution in [0, 0.1) is 0 Å². The number of hydrogen-bond acceptors (Lipinski definition) is 6. The van der Waals surface area contributed by atoms with E-state index in [1.165, 1.54) is 39.2 Å². The number of esters is 1.